The molecule has 0 aliphatic carbocycles. The van der Waals surface area contributed by atoms with Gasteiger partial charge in [-0.25, -0.2) is 8.78 Å². The fraction of sp³-hybridized carbons (Fsp3) is 0.100. The van der Waals surface area contributed by atoms with Crippen LogP contribution >= 0.6 is 0 Å². The van der Waals surface area contributed by atoms with Gasteiger partial charge in [0.15, 0.2) is 17.3 Å². The Morgan fingerprint density at radius 3 is 2.65 bits per heavy atom. The number of ketones is 1. The summed E-state index contributed by atoms with van der Waals surface area (Å²) in [5.74, 6) is -0.981. The van der Waals surface area contributed by atoms with Gasteiger partial charge in [0.1, 0.15) is 11.6 Å². The molecule has 132 valence electrons. The number of nitrogens with one attached hydrogen (secondary N) is 1. The highest BCUT2D eigenvalue weighted by atomic mass is 19.1. The summed E-state index contributed by atoms with van der Waals surface area (Å²) in [5.41, 5.74) is 0.984. The number of carbonyl (C=O) groups is 1. The number of rotatable bonds is 6. The lowest BCUT2D eigenvalue weighted by molar-refractivity contribution is 0.101. The predicted octanol–water partition coefficient (Wildman–Crippen LogP) is 4.97. The Morgan fingerprint density at radius 1 is 1.12 bits per heavy atom. The Balaban J connectivity index is 1.73. The van der Waals surface area contributed by atoms with E-state index in [2.05, 4.69) is 10.3 Å². The summed E-state index contributed by atoms with van der Waals surface area (Å²) >= 11 is 0. The fourth-order valence-corrected chi connectivity index (χ4v) is 2.50. The molecule has 0 spiro atoms. The second-order valence-electron chi connectivity index (χ2n) is 5.63. The number of halogens is 2. The van der Waals surface area contributed by atoms with Crippen LogP contribution in [0.4, 0.5) is 14.5 Å². The molecular weight excluding hydrogens is 338 g/mol. The zero-order valence-electron chi connectivity index (χ0n) is 14.0. The largest absolute Gasteiger partial charge is 0.453 e. The minimum Gasteiger partial charge on any atom is -0.453 e. The highest BCUT2D eigenvalue weighted by molar-refractivity contribution is 5.99. The van der Waals surface area contributed by atoms with E-state index in [1.165, 1.54) is 37.4 Å². The molecule has 0 bridgehead atoms. The summed E-state index contributed by atoms with van der Waals surface area (Å²) in [4.78, 5) is 15.5. The molecule has 1 heterocycles. The van der Waals surface area contributed by atoms with Crippen molar-refractivity contribution in [2.75, 3.05) is 5.32 Å². The zero-order valence-corrected chi connectivity index (χ0v) is 14.0. The van der Waals surface area contributed by atoms with Crippen molar-refractivity contribution in [1.82, 2.24) is 4.98 Å². The molecule has 4 nitrogen and oxygen atoms in total. The number of pyridine rings is 1. The molecule has 2 aromatic carbocycles. The zero-order chi connectivity index (χ0) is 18.5. The standard InChI is InChI=1S/C20H16F2N2O2/c1-13(25)20-16(21)5-2-6-18(20)24-11-14-7-8-19(17(22)10-14)26-15-4-3-9-23-12-15/h2-10,12,24H,11H2,1H3. The summed E-state index contributed by atoms with van der Waals surface area (Å²) in [5, 5.41) is 2.97. The van der Waals surface area contributed by atoms with E-state index in [0.717, 1.165) is 0 Å². The third-order valence-electron chi connectivity index (χ3n) is 3.71. The number of Topliss-reactive ketones (excluding diaryl/α,β-unsaturated/α-hetero) is 1. The molecule has 0 aliphatic heterocycles. The van der Waals surface area contributed by atoms with Crippen LogP contribution in [-0.2, 0) is 6.54 Å². The first-order valence-corrected chi connectivity index (χ1v) is 7.94. The molecule has 0 saturated carbocycles. The summed E-state index contributed by atoms with van der Waals surface area (Å²) in [6.45, 7) is 1.53. The number of hydrogen-bond donors (Lipinski definition) is 1. The van der Waals surface area contributed by atoms with Crippen molar-refractivity contribution in [1.29, 1.82) is 0 Å². The van der Waals surface area contributed by atoms with Gasteiger partial charge in [-0.05, 0) is 48.9 Å². The second-order valence-corrected chi connectivity index (χ2v) is 5.63. The van der Waals surface area contributed by atoms with Gasteiger partial charge in [0.2, 0.25) is 0 Å². The molecule has 0 saturated heterocycles. The van der Waals surface area contributed by atoms with Crippen molar-refractivity contribution in [3.05, 3.63) is 83.7 Å². The molecular formula is C20H16F2N2O2. The normalized spacial score (nSPS) is 10.4. The van der Waals surface area contributed by atoms with E-state index in [4.69, 9.17) is 4.74 Å². The SMILES string of the molecule is CC(=O)c1c(F)cccc1NCc1ccc(Oc2cccnc2)c(F)c1. The van der Waals surface area contributed by atoms with Crippen molar-refractivity contribution in [2.24, 2.45) is 0 Å². The van der Waals surface area contributed by atoms with Crippen LogP contribution in [0.2, 0.25) is 0 Å². The van der Waals surface area contributed by atoms with Crippen LogP contribution < -0.4 is 10.1 Å². The molecule has 3 rings (SSSR count). The molecule has 6 heteroatoms. The Kier molecular flexibility index (Phi) is 5.22. The molecule has 0 aliphatic rings. The average molecular weight is 354 g/mol. The molecule has 0 radical (unpaired) electrons. The van der Waals surface area contributed by atoms with Crippen molar-refractivity contribution in [2.45, 2.75) is 13.5 Å². The Labute approximate surface area is 149 Å². The molecule has 3 aromatic rings. The maximum atomic E-state index is 14.2. The van der Waals surface area contributed by atoms with E-state index >= 15 is 0 Å². The first-order valence-electron chi connectivity index (χ1n) is 7.94. The van der Waals surface area contributed by atoms with Crippen LogP contribution in [0.15, 0.2) is 60.9 Å². The number of carbonyl (C=O) groups excluding carboxylic acids is 1. The predicted molar refractivity (Wildman–Crippen MR) is 94.4 cm³/mol. The summed E-state index contributed by atoms with van der Waals surface area (Å²) < 4.78 is 33.5. The third-order valence-corrected chi connectivity index (χ3v) is 3.71. The van der Waals surface area contributed by atoms with Crippen LogP contribution in [0.5, 0.6) is 11.5 Å². The van der Waals surface area contributed by atoms with Gasteiger partial charge in [-0.3, -0.25) is 9.78 Å². The van der Waals surface area contributed by atoms with Crippen molar-refractivity contribution >= 4 is 11.5 Å². The minimum absolute atomic E-state index is 0.00972. The highest BCUT2D eigenvalue weighted by Gasteiger charge is 2.13. The van der Waals surface area contributed by atoms with Gasteiger partial charge in [-0.2, -0.15) is 0 Å². The quantitative estimate of drug-likeness (QED) is 0.635. The monoisotopic (exact) mass is 354 g/mol. The molecule has 0 fully saturated rings. The lowest BCUT2D eigenvalue weighted by Gasteiger charge is -2.12. The van der Waals surface area contributed by atoms with Gasteiger partial charge in [0.25, 0.3) is 0 Å². The molecule has 0 unspecified atom stereocenters. The van der Waals surface area contributed by atoms with Gasteiger partial charge in [-0.15, -0.1) is 0 Å². The smallest absolute Gasteiger partial charge is 0.166 e. The number of aromatic nitrogens is 1. The lowest BCUT2D eigenvalue weighted by atomic mass is 10.1. The molecule has 26 heavy (non-hydrogen) atoms. The Bertz CT molecular complexity index is 930. The van der Waals surface area contributed by atoms with E-state index in [-0.39, 0.29) is 23.6 Å². The lowest BCUT2D eigenvalue weighted by Crippen LogP contribution is -2.07. The highest BCUT2D eigenvalue weighted by Crippen LogP contribution is 2.25. The maximum Gasteiger partial charge on any atom is 0.166 e. The number of hydrogen-bond acceptors (Lipinski definition) is 4. The number of ether oxygens (including phenoxy) is 1. The van der Waals surface area contributed by atoms with Crippen molar-refractivity contribution in [3.63, 3.8) is 0 Å². The van der Waals surface area contributed by atoms with Gasteiger partial charge >= 0.3 is 0 Å². The molecule has 1 N–H and O–H groups in total. The van der Waals surface area contributed by atoms with E-state index in [1.54, 1.807) is 30.5 Å². The van der Waals surface area contributed by atoms with Crippen LogP contribution in [0.3, 0.4) is 0 Å². The van der Waals surface area contributed by atoms with Crippen molar-refractivity contribution < 1.29 is 18.3 Å². The molecule has 1 aromatic heterocycles. The minimum atomic E-state index is -0.589. The third kappa shape index (κ3) is 4.03. The number of nitrogens with zero attached hydrogens (tertiary/aromatic N) is 1. The first-order chi connectivity index (χ1) is 12.5. The van der Waals surface area contributed by atoms with Gasteiger partial charge in [0.05, 0.1) is 11.8 Å². The van der Waals surface area contributed by atoms with E-state index in [1.807, 2.05) is 0 Å². The summed E-state index contributed by atoms with van der Waals surface area (Å²) in [6, 6.07) is 12.2. The number of anilines is 1. The Hall–Kier alpha value is -3.28. The van der Waals surface area contributed by atoms with Gasteiger partial charge in [0, 0.05) is 18.4 Å². The van der Waals surface area contributed by atoms with E-state index in [9.17, 15) is 13.6 Å². The van der Waals surface area contributed by atoms with Crippen LogP contribution in [-0.4, -0.2) is 10.8 Å². The number of benzene rings is 2. The fourth-order valence-electron chi connectivity index (χ4n) is 2.50. The van der Waals surface area contributed by atoms with Crippen LogP contribution in [0.1, 0.15) is 22.8 Å². The van der Waals surface area contributed by atoms with Gasteiger partial charge in [-0.1, -0.05) is 12.1 Å². The van der Waals surface area contributed by atoms with E-state index in [0.29, 0.717) is 17.0 Å². The second kappa shape index (κ2) is 7.74. The van der Waals surface area contributed by atoms with Gasteiger partial charge < -0.3 is 10.1 Å². The topological polar surface area (TPSA) is 51.2 Å². The average Bonchev–Trinajstić information content (AvgIpc) is 2.62. The Morgan fingerprint density at radius 2 is 1.96 bits per heavy atom. The molecule has 0 atom stereocenters. The molecule has 0 amide bonds. The first kappa shape index (κ1) is 17.5. The van der Waals surface area contributed by atoms with E-state index < -0.39 is 11.6 Å². The van der Waals surface area contributed by atoms with Crippen LogP contribution in [0.25, 0.3) is 0 Å². The maximum absolute atomic E-state index is 14.2. The summed E-state index contributed by atoms with van der Waals surface area (Å²) in [6.07, 6.45) is 3.09. The van der Waals surface area contributed by atoms with Crippen molar-refractivity contribution in [3.8, 4) is 11.5 Å². The van der Waals surface area contributed by atoms with Crippen LogP contribution in [0, 0.1) is 11.6 Å². The summed E-state index contributed by atoms with van der Waals surface area (Å²) in [7, 11) is 0.